The van der Waals surface area contributed by atoms with Crippen molar-refractivity contribution in [1.29, 1.82) is 0 Å². The monoisotopic (exact) mass is 254 g/mol. The summed E-state index contributed by atoms with van der Waals surface area (Å²) < 4.78 is 0. The van der Waals surface area contributed by atoms with Gasteiger partial charge in [-0.1, -0.05) is 13.8 Å². The van der Waals surface area contributed by atoms with Crippen LogP contribution in [-0.4, -0.2) is 19.0 Å². The summed E-state index contributed by atoms with van der Waals surface area (Å²) in [6.45, 7) is 10.5. The molecule has 0 aliphatic heterocycles. The average molecular weight is 254 g/mol. The molecule has 1 amide bonds. The van der Waals surface area contributed by atoms with Crippen molar-refractivity contribution >= 4 is 17.2 Å². The summed E-state index contributed by atoms with van der Waals surface area (Å²) in [7, 11) is 0. The second-order valence-electron chi connectivity index (χ2n) is 4.38. The van der Waals surface area contributed by atoms with Gasteiger partial charge in [-0.15, -0.1) is 11.3 Å². The number of nitrogens with one attached hydrogen (secondary N) is 2. The molecule has 0 fully saturated rings. The van der Waals surface area contributed by atoms with E-state index in [1.165, 1.54) is 15.3 Å². The van der Waals surface area contributed by atoms with Crippen LogP contribution in [-0.2, 0) is 11.3 Å². The van der Waals surface area contributed by atoms with E-state index in [2.05, 4.69) is 30.5 Å². The molecule has 1 aromatic rings. The lowest BCUT2D eigenvalue weighted by atomic mass is 10.1. The molecule has 1 heterocycles. The van der Waals surface area contributed by atoms with Gasteiger partial charge in [0.1, 0.15) is 0 Å². The number of hydrogen-bond acceptors (Lipinski definition) is 3. The van der Waals surface area contributed by atoms with Crippen molar-refractivity contribution in [3.63, 3.8) is 0 Å². The van der Waals surface area contributed by atoms with Crippen molar-refractivity contribution in [2.45, 2.75) is 34.2 Å². The molecule has 0 spiro atoms. The lowest BCUT2D eigenvalue weighted by molar-refractivity contribution is -0.124. The van der Waals surface area contributed by atoms with Gasteiger partial charge in [0.15, 0.2) is 0 Å². The van der Waals surface area contributed by atoms with Crippen molar-refractivity contribution in [2.75, 3.05) is 13.1 Å². The van der Waals surface area contributed by atoms with Crippen LogP contribution >= 0.6 is 11.3 Å². The largest absolute Gasteiger partial charge is 0.351 e. The summed E-state index contributed by atoms with van der Waals surface area (Å²) in [5.74, 6) is 0.145. The number of rotatable bonds is 6. The summed E-state index contributed by atoms with van der Waals surface area (Å²) in [6.07, 6.45) is 0. The summed E-state index contributed by atoms with van der Waals surface area (Å²) >= 11 is 1.76. The van der Waals surface area contributed by atoms with E-state index in [-0.39, 0.29) is 11.8 Å². The van der Waals surface area contributed by atoms with E-state index in [9.17, 15) is 4.79 Å². The van der Waals surface area contributed by atoms with Crippen LogP contribution < -0.4 is 10.6 Å². The molecule has 17 heavy (non-hydrogen) atoms. The number of carbonyl (C=O) groups excluding carboxylic acids is 1. The Kier molecular flexibility index (Phi) is 5.65. The zero-order valence-electron chi connectivity index (χ0n) is 11.1. The van der Waals surface area contributed by atoms with E-state index >= 15 is 0 Å². The minimum atomic E-state index is 0.0251. The standard InChI is InChI=1S/C13H22N2OS/c1-5-14-7-10(3)13(16)15-8-12-6-9(2)11(4)17-12/h6,10,14H,5,7-8H2,1-4H3,(H,15,16). The molecule has 2 N–H and O–H groups in total. The molecule has 0 radical (unpaired) electrons. The molecule has 0 aromatic carbocycles. The first kappa shape index (κ1) is 14.2. The average Bonchev–Trinajstić information content (AvgIpc) is 2.62. The summed E-state index contributed by atoms with van der Waals surface area (Å²) in [5.41, 5.74) is 1.31. The van der Waals surface area contributed by atoms with Crippen molar-refractivity contribution < 1.29 is 4.79 Å². The zero-order valence-corrected chi connectivity index (χ0v) is 11.9. The normalized spacial score (nSPS) is 12.5. The fourth-order valence-electron chi connectivity index (χ4n) is 1.54. The number of hydrogen-bond donors (Lipinski definition) is 2. The predicted octanol–water partition coefficient (Wildman–Crippen LogP) is 2.23. The minimum absolute atomic E-state index is 0.0251. The molecule has 0 saturated heterocycles. The maximum Gasteiger partial charge on any atom is 0.224 e. The molecule has 0 aliphatic rings. The first-order valence-electron chi connectivity index (χ1n) is 6.09. The van der Waals surface area contributed by atoms with Crippen LogP contribution in [0.5, 0.6) is 0 Å². The Hall–Kier alpha value is -0.870. The third kappa shape index (κ3) is 4.48. The van der Waals surface area contributed by atoms with Gasteiger partial charge < -0.3 is 10.6 Å². The van der Waals surface area contributed by atoms with Crippen molar-refractivity contribution in [2.24, 2.45) is 5.92 Å². The lowest BCUT2D eigenvalue weighted by Crippen LogP contribution is -2.34. The topological polar surface area (TPSA) is 41.1 Å². The van der Waals surface area contributed by atoms with E-state index in [0.29, 0.717) is 6.54 Å². The second kappa shape index (κ2) is 6.77. The maximum atomic E-state index is 11.8. The van der Waals surface area contributed by atoms with E-state index in [1.807, 2.05) is 13.8 Å². The molecule has 1 rings (SSSR count). The van der Waals surface area contributed by atoms with E-state index in [4.69, 9.17) is 0 Å². The van der Waals surface area contributed by atoms with Crippen LogP contribution in [0, 0.1) is 19.8 Å². The van der Waals surface area contributed by atoms with E-state index in [1.54, 1.807) is 11.3 Å². The number of thiophene rings is 1. The van der Waals surface area contributed by atoms with Gasteiger partial charge in [0, 0.05) is 22.2 Å². The third-order valence-corrected chi connectivity index (χ3v) is 3.95. The third-order valence-electron chi connectivity index (χ3n) is 2.80. The first-order chi connectivity index (χ1) is 8.04. The Labute approximate surface area is 108 Å². The number of aryl methyl sites for hydroxylation is 2. The Morgan fingerprint density at radius 3 is 2.71 bits per heavy atom. The van der Waals surface area contributed by atoms with Crippen LogP contribution in [0.25, 0.3) is 0 Å². The summed E-state index contributed by atoms with van der Waals surface area (Å²) in [5, 5.41) is 6.16. The first-order valence-corrected chi connectivity index (χ1v) is 6.90. The molecule has 1 atom stereocenters. The Morgan fingerprint density at radius 2 is 2.18 bits per heavy atom. The van der Waals surface area contributed by atoms with Gasteiger partial charge in [0.2, 0.25) is 5.91 Å². The van der Waals surface area contributed by atoms with Crippen LogP contribution in [0.15, 0.2) is 6.07 Å². The van der Waals surface area contributed by atoms with Crippen LogP contribution in [0.2, 0.25) is 0 Å². The van der Waals surface area contributed by atoms with Gasteiger partial charge in [-0.25, -0.2) is 0 Å². The van der Waals surface area contributed by atoms with Gasteiger partial charge in [0.05, 0.1) is 6.54 Å². The Balaban J connectivity index is 2.37. The zero-order chi connectivity index (χ0) is 12.8. The Bertz CT molecular complexity index is 354. The minimum Gasteiger partial charge on any atom is -0.351 e. The number of carbonyl (C=O) groups is 1. The predicted molar refractivity (Wildman–Crippen MR) is 73.3 cm³/mol. The van der Waals surface area contributed by atoms with Crippen molar-refractivity contribution in [3.05, 3.63) is 21.4 Å². The fourth-order valence-corrected chi connectivity index (χ4v) is 2.53. The molecule has 0 saturated carbocycles. The quantitative estimate of drug-likeness (QED) is 0.817. The van der Waals surface area contributed by atoms with Gasteiger partial charge in [-0.2, -0.15) is 0 Å². The van der Waals surface area contributed by atoms with Gasteiger partial charge >= 0.3 is 0 Å². The van der Waals surface area contributed by atoms with Crippen LogP contribution in [0.1, 0.15) is 29.2 Å². The van der Waals surface area contributed by atoms with Gasteiger partial charge in [-0.05, 0) is 32.0 Å². The fraction of sp³-hybridized carbons (Fsp3) is 0.615. The molecule has 0 aliphatic carbocycles. The molecule has 1 aromatic heterocycles. The number of amides is 1. The highest BCUT2D eigenvalue weighted by molar-refractivity contribution is 7.12. The second-order valence-corrected chi connectivity index (χ2v) is 5.72. The molecule has 1 unspecified atom stereocenters. The molecular weight excluding hydrogens is 232 g/mol. The maximum absolute atomic E-state index is 11.8. The molecule has 96 valence electrons. The highest BCUT2D eigenvalue weighted by atomic mass is 32.1. The van der Waals surface area contributed by atoms with Gasteiger partial charge in [0.25, 0.3) is 0 Å². The summed E-state index contributed by atoms with van der Waals surface area (Å²) in [6, 6.07) is 2.15. The van der Waals surface area contributed by atoms with Crippen molar-refractivity contribution in [3.8, 4) is 0 Å². The van der Waals surface area contributed by atoms with Crippen molar-refractivity contribution in [1.82, 2.24) is 10.6 Å². The van der Waals surface area contributed by atoms with Crippen LogP contribution in [0.4, 0.5) is 0 Å². The molecule has 3 nitrogen and oxygen atoms in total. The highest BCUT2D eigenvalue weighted by Crippen LogP contribution is 2.20. The molecular formula is C13H22N2OS. The van der Waals surface area contributed by atoms with E-state index < -0.39 is 0 Å². The SMILES string of the molecule is CCNCC(C)C(=O)NCc1cc(C)c(C)s1. The molecule has 0 bridgehead atoms. The Morgan fingerprint density at radius 1 is 1.47 bits per heavy atom. The highest BCUT2D eigenvalue weighted by Gasteiger charge is 2.12. The smallest absolute Gasteiger partial charge is 0.224 e. The summed E-state index contributed by atoms with van der Waals surface area (Å²) in [4.78, 5) is 14.3. The van der Waals surface area contributed by atoms with E-state index in [0.717, 1.165) is 13.1 Å². The van der Waals surface area contributed by atoms with Gasteiger partial charge in [-0.3, -0.25) is 4.79 Å². The van der Waals surface area contributed by atoms with Crippen LogP contribution in [0.3, 0.4) is 0 Å². The lowest BCUT2D eigenvalue weighted by Gasteiger charge is -2.11. The molecule has 4 heteroatoms.